The van der Waals surface area contributed by atoms with Gasteiger partial charge in [-0.25, -0.2) is 9.59 Å². The van der Waals surface area contributed by atoms with Gasteiger partial charge in [-0.2, -0.15) is 0 Å². The molecule has 1 aromatic heterocycles. The molecule has 0 spiro atoms. The third kappa shape index (κ3) is 6.51. The van der Waals surface area contributed by atoms with E-state index >= 15 is 0 Å². The highest BCUT2D eigenvalue weighted by Gasteiger charge is 2.23. The van der Waals surface area contributed by atoms with E-state index in [-0.39, 0.29) is 24.8 Å². The Hall–Kier alpha value is -2.52. The molecule has 1 aliphatic heterocycles. The van der Waals surface area contributed by atoms with E-state index in [0.717, 1.165) is 5.56 Å². The Labute approximate surface area is 205 Å². The highest BCUT2D eigenvalue weighted by molar-refractivity contribution is 6.34. The zero-order valence-electron chi connectivity index (χ0n) is 17.5. The van der Waals surface area contributed by atoms with Crippen molar-refractivity contribution in [2.45, 2.75) is 13.0 Å². The summed E-state index contributed by atoms with van der Waals surface area (Å²) in [6.07, 6.45) is -0.0572. The van der Waals surface area contributed by atoms with Gasteiger partial charge in [0, 0.05) is 54.8 Å². The van der Waals surface area contributed by atoms with Gasteiger partial charge in [0.15, 0.2) is 11.4 Å². The van der Waals surface area contributed by atoms with E-state index in [0.29, 0.717) is 65.9 Å². The van der Waals surface area contributed by atoms with Gasteiger partial charge in [-0.1, -0.05) is 23.2 Å². The molecule has 0 bridgehead atoms. The Morgan fingerprint density at radius 3 is 2.42 bits per heavy atom. The van der Waals surface area contributed by atoms with E-state index in [9.17, 15) is 14.4 Å². The van der Waals surface area contributed by atoms with Crippen molar-refractivity contribution in [2.75, 3.05) is 32.7 Å². The van der Waals surface area contributed by atoms with Gasteiger partial charge in [0.2, 0.25) is 0 Å². The molecule has 33 heavy (non-hydrogen) atoms. The molecular formula is C22H22Cl3N3O5. The van der Waals surface area contributed by atoms with Gasteiger partial charge < -0.3 is 14.1 Å². The van der Waals surface area contributed by atoms with Crippen LogP contribution in [0, 0.1) is 0 Å². The summed E-state index contributed by atoms with van der Waals surface area (Å²) in [5.74, 6) is -0.574. The summed E-state index contributed by atoms with van der Waals surface area (Å²) in [4.78, 5) is 42.4. The van der Waals surface area contributed by atoms with Crippen molar-refractivity contribution in [1.82, 2.24) is 14.8 Å². The fourth-order valence-corrected chi connectivity index (χ4v) is 4.18. The van der Waals surface area contributed by atoms with Gasteiger partial charge in [-0.15, -0.1) is 12.4 Å². The number of nitrogens with one attached hydrogen (secondary N) is 1. The SMILES string of the molecule is Cl.O=C(CCN1CCN(C(=O)OCc2cc(Cl)cc(Cl)c2)CC1)c1ccc2[nH]c(=O)oc2c1. The van der Waals surface area contributed by atoms with Crippen LogP contribution in [0.3, 0.4) is 0 Å². The number of rotatable bonds is 6. The van der Waals surface area contributed by atoms with E-state index < -0.39 is 11.8 Å². The second-order valence-corrected chi connectivity index (χ2v) is 8.43. The van der Waals surface area contributed by atoms with Gasteiger partial charge in [-0.05, 0) is 42.0 Å². The van der Waals surface area contributed by atoms with Gasteiger partial charge in [-0.3, -0.25) is 14.7 Å². The minimum absolute atomic E-state index is 0. The number of nitrogens with zero attached hydrogens (tertiary/aromatic N) is 2. The Morgan fingerprint density at radius 1 is 1.03 bits per heavy atom. The molecule has 2 aromatic carbocycles. The number of aromatic amines is 1. The van der Waals surface area contributed by atoms with Crippen molar-refractivity contribution in [3.05, 3.63) is 68.1 Å². The van der Waals surface area contributed by atoms with Crippen LogP contribution < -0.4 is 5.76 Å². The number of halogens is 3. The molecule has 0 saturated carbocycles. The van der Waals surface area contributed by atoms with Crippen molar-refractivity contribution in [1.29, 1.82) is 0 Å². The summed E-state index contributed by atoms with van der Waals surface area (Å²) in [5.41, 5.74) is 2.16. The zero-order chi connectivity index (χ0) is 22.7. The lowest BCUT2D eigenvalue weighted by molar-refractivity contribution is 0.0697. The van der Waals surface area contributed by atoms with Crippen LogP contribution in [-0.4, -0.2) is 59.4 Å². The quantitative estimate of drug-likeness (QED) is 0.491. The number of H-pyrrole nitrogens is 1. The summed E-state index contributed by atoms with van der Waals surface area (Å²) >= 11 is 11.9. The molecule has 11 heteroatoms. The van der Waals surface area contributed by atoms with Crippen molar-refractivity contribution in [3.8, 4) is 0 Å². The molecule has 1 N–H and O–H groups in total. The van der Waals surface area contributed by atoms with Crippen LogP contribution in [-0.2, 0) is 11.3 Å². The summed E-state index contributed by atoms with van der Waals surface area (Å²) in [6, 6.07) is 9.95. The molecule has 176 valence electrons. The summed E-state index contributed by atoms with van der Waals surface area (Å²) < 4.78 is 10.4. The summed E-state index contributed by atoms with van der Waals surface area (Å²) in [7, 11) is 0. The first-order valence-electron chi connectivity index (χ1n) is 10.1. The number of fused-ring (bicyclic) bond motifs is 1. The third-order valence-electron chi connectivity index (χ3n) is 5.31. The molecule has 1 aliphatic rings. The number of hydrogen-bond donors (Lipinski definition) is 1. The Kier molecular flexibility index (Phi) is 8.42. The molecule has 3 aromatic rings. The van der Waals surface area contributed by atoms with E-state index in [1.54, 1.807) is 41.3 Å². The number of ether oxygens (including phenoxy) is 1. The lowest BCUT2D eigenvalue weighted by Gasteiger charge is -2.33. The number of amides is 1. The van der Waals surface area contributed by atoms with E-state index in [1.165, 1.54) is 0 Å². The zero-order valence-corrected chi connectivity index (χ0v) is 19.8. The molecule has 0 unspecified atom stereocenters. The van der Waals surface area contributed by atoms with Crippen LogP contribution in [0.5, 0.6) is 0 Å². The minimum atomic E-state index is -0.544. The topological polar surface area (TPSA) is 95.9 Å². The van der Waals surface area contributed by atoms with Crippen LogP contribution in [0.25, 0.3) is 11.1 Å². The number of aromatic nitrogens is 1. The molecule has 1 saturated heterocycles. The average molecular weight is 515 g/mol. The van der Waals surface area contributed by atoms with Gasteiger partial charge in [0.05, 0.1) is 5.52 Å². The monoisotopic (exact) mass is 513 g/mol. The maximum Gasteiger partial charge on any atom is 0.417 e. The van der Waals surface area contributed by atoms with E-state index in [4.69, 9.17) is 32.4 Å². The summed E-state index contributed by atoms with van der Waals surface area (Å²) in [6.45, 7) is 3.01. The fourth-order valence-electron chi connectivity index (χ4n) is 3.61. The molecule has 2 heterocycles. The summed E-state index contributed by atoms with van der Waals surface area (Å²) in [5, 5.41) is 0.980. The second kappa shape index (κ2) is 11.1. The average Bonchev–Trinajstić information content (AvgIpc) is 3.14. The predicted octanol–water partition coefficient (Wildman–Crippen LogP) is 4.38. The smallest absolute Gasteiger partial charge is 0.417 e. The fraction of sp³-hybridized carbons (Fsp3) is 0.318. The first-order chi connectivity index (χ1) is 15.4. The number of carbonyl (C=O) groups excluding carboxylic acids is 2. The Morgan fingerprint density at radius 2 is 1.73 bits per heavy atom. The Balaban J connectivity index is 0.00000306. The molecule has 4 rings (SSSR count). The van der Waals surface area contributed by atoms with Gasteiger partial charge in [0.1, 0.15) is 6.61 Å². The molecule has 1 amide bonds. The van der Waals surface area contributed by atoms with E-state index in [2.05, 4.69) is 9.88 Å². The molecule has 8 nitrogen and oxygen atoms in total. The largest absolute Gasteiger partial charge is 0.445 e. The standard InChI is InChI=1S/C22H21Cl2N3O5.ClH/c23-16-9-14(10-17(24)12-16)13-31-22(30)27-7-5-26(6-8-27)4-3-19(28)15-1-2-18-20(11-15)32-21(29)25-18;/h1-2,9-12H,3-8,13H2,(H,25,29);1H. The molecule has 0 aliphatic carbocycles. The van der Waals surface area contributed by atoms with Crippen LogP contribution in [0.2, 0.25) is 10.0 Å². The number of ketones is 1. The first kappa shape index (κ1) is 25.1. The van der Waals surface area contributed by atoms with Gasteiger partial charge >= 0.3 is 11.8 Å². The van der Waals surface area contributed by atoms with Crippen molar-refractivity contribution in [3.63, 3.8) is 0 Å². The highest BCUT2D eigenvalue weighted by Crippen LogP contribution is 2.20. The van der Waals surface area contributed by atoms with Gasteiger partial charge in [0.25, 0.3) is 0 Å². The molecule has 0 radical (unpaired) electrons. The highest BCUT2D eigenvalue weighted by atomic mass is 35.5. The number of benzene rings is 2. The first-order valence-corrected chi connectivity index (χ1v) is 10.9. The molecule has 0 atom stereocenters. The minimum Gasteiger partial charge on any atom is -0.445 e. The molecular weight excluding hydrogens is 493 g/mol. The maximum atomic E-state index is 12.5. The Bertz CT molecular complexity index is 1180. The normalized spacial score (nSPS) is 14.2. The molecule has 1 fully saturated rings. The lowest BCUT2D eigenvalue weighted by atomic mass is 10.1. The predicted molar refractivity (Wildman–Crippen MR) is 128 cm³/mol. The number of Topliss-reactive ketones (excluding diaryl/α,β-unsaturated/α-hetero) is 1. The number of oxazole rings is 1. The van der Waals surface area contributed by atoms with Crippen molar-refractivity contribution in [2.24, 2.45) is 0 Å². The number of hydrogen-bond acceptors (Lipinski definition) is 6. The van der Waals surface area contributed by atoms with Crippen LogP contribution in [0.15, 0.2) is 45.6 Å². The van der Waals surface area contributed by atoms with E-state index in [1.807, 2.05) is 0 Å². The number of piperazine rings is 1. The third-order valence-corrected chi connectivity index (χ3v) is 5.75. The van der Waals surface area contributed by atoms with Crippen LogP contribution in [0.1, 0.15) is 22.3 Å². The lowest BCUT2D eigenvalue weighted by Crippen LogP contribution is -2.49. The maximum absolute atomic E-state index is 12.5. The second-order valence-electron chi connectivity index (χ2n) is 7.56. The van der Waals surface area contributed by atoms with Crippen molar-refractivity contribution >= 4 is 58.6 Å². The van der Waals surface area contributed by atoms with Crippen LogP contribution in [0.4, 0.5) is 4.79 Å². The number of carbonyl (C=O) groups is 2. The van der Waals surface area contributed by atoms with Crippen molar-refractivity contribution < 1.29 is 18.7 Å². The van der Waals surface area contributed by atoms with Crippen LogP contribution >= 0.6 is 35.6 Å².